The van der Waals surface area contributed by atoms with E-state index in [1.54, 1.807) is 7.11 Å². The molecule has 0 spiro atoms. The van der Waals surface area contributed by atoms with Gasteiger partial charge in [0.25, 0.3) is 0 Å². The molecule has 1 atom stereocenters. The van der Waals surface area contributed by atoms with Crippen molar-refractivity contribution in [3.8, 4) is 0 Å². The zero-order valence-electron chi connectivity index (χ0n) is 11.3. The van der Waals surface area contributed by atoms with Gasteiger partial charge in [0, 0.05) is 26.7 Å². The molecule has 1 N–H and O–H groups in total. The quantitative estimate of drug-likeness (QED) is 0.667. The predicted molar refractivity (Wildman–Crippen MR) is 66.3 cm³/mol. The summed E-state index contributed by atoms with van der Waals surface area (Å²) in [6.45, 7) is 9.81. The van der Waals surface area contributed by atoms with Crippen LogP contribution in [0, 0.1) is 5.92 Å². The molecule has 0 aliphatic rings. The summed E-state index contributed by atoms with van der Waals surface area (Å²) in [5.41, 5.74) is -0.0251. The van der Waals surface area contributed by atoms with Gasteiger partial charge in [0.15, 0.2) is 0 Å². The van der Waals surface area contributed by atoms with Crippen molar-refractivity contribution in [2.45, 2.75) is 32.8 Å². The SMILES string of the molecule is CCC(CN(C)CCNC)C(C)(C)OC. The second-order valence-corrected chi connectivity index (χ2v) is 4.78. The van der Waals surface area contributed by atoms with Crippen LogP contribution in [0.1, 0.15) is 27.2 Å². The fourth-order valence-electron chi connectivity index (χ4n) is 1.78. The molecule has 1 unspecified atom stereocenters. The molecule has 0 saturated carbocycles. The Labute approximate surface area is 95.2 Å². The van der Waals surface area contributed by atoms with Crippen LogP contribution in [0.25, 0.3) is 0 Å². The molecule has 0 fully saturated rings. The molecule has 0 aromatic rings. The van der Waals surface area contributed by atoms with Crippen molar-refractivity contribution in [3.63, 3.8) is 0 Å². The van der Waals surface area contributed by atoms with E-state index in [9.17, 15) is 0 Å². The number of ether oxygens (including phenoxy) is 1. The lowest BCUT2D eigenvalue weighted by Gasteiger charge is -2.35. The predicted octanol–water partition coefficient (Wildman–Crippen LogP) is 1.59. The molecule has 0 aliphatic heterocycles. The highest BCUT2D eigenvalue weighted by molar-refractivity contribution is 4.80. The van der Waals surface area contributed by atoms with E-state index >= 15 is 0 Å². The molecular weight excluding hydrogens is 188 g/mol. The molecule has 0 rings (SSSR count). The first-order chi connectivity index (χ1) is 6.97. The standard InChI is InChI=1S/C12H28N2O/c1-7-11(12(2,3)15-6)10-14(5)9-8-13-4/h11,13H,7-10H2,1-6H3. The van der Waals surface area contributed by atoms with E-state index in [1.807, 2.05) is 7.05 Å². The second kappa shape index (κ2) is 7.20. The number of likely N-dealkylation sites (N-methyl/N-ethyl adjacent to an activating group) is 2. The number of hydrogen-bond donors (Lipinski definition) is 1. The molecular formula is C12H28N2O. The number of methoxy groups -OCH3 is 1. The summed E-state index contributed by atoms with van der Waals surface area (Å²) in [6, 6.07) is 0. The summed E-state index contributed by atoms with van der Waals surface area (Å²) in [5, 5.41) is 3.17. The van der Waals surface area contributed by atoms with Gasteiger partial charge in [-0.25, -0.2) is 0 Å². The van der Waals surface area contributed by atoms with Crippen LogP contribution in [0.15, 0.2) is 0 Å². The molecule has 0 amide bonds. The van der Waals surface area contributed by atoms with Crippen LogP contribution in [0.3, 0.4) is 0 Å². The lowest BCUT2D eigenvalue weighted by Crippen LogP contribution is -2.41. The van der Waals surface area contributed by atoms with E-state index in [1.165, 1.54) is 0 Å². The lowest BCUT2D eigenvalue weighted by molar-refractivity contribution is -0.0380. The van der Waals surface area contributed by atoms with Crippen LogP contribution in [0.4, 0.5) is 0 Å². The van der Waals surface area contributed by atoms with Crippen LogP contribution in [-0.2, 0) is 4.74 Å². The van der Waals surface area contributed by atoms with E-state index in [-0.39, 0.29) is 5.60 Å². The smallest absolute Gasteiger partial charge is 0.0662 e. The fourth-order valence-corrected chi connectivity index (χ4v) is 1.78. The fraction of sp³-hybridized carbons (Fsp3) is 1.00. The van der Waals surface area contributed by atoms with Crippen LogP contribution < -0.4 is 5.32 Å². The molecule has 0 radical (unpaired) electrons. The van der Waals surface area contributed by atoms with Gasteiger partial charge in [0.2, 0.25) is 0 Å². The van der Waals surface area contributed by atoms with Crippen molar-refractivity contribution in [3.05, 3.63) is 0 Å². The van der Waals surface area contributed by atoms with Gasteiger partial charge in [-0.3, -0.25) is 0 Å². The van der Waals surface area contributed by atoms with Gasteiger partial charge < -0.3 is 15.0 Å². The Morgan fingerprint density at radius 1 is 1.40 bits per heavy atom. The number of nitrogens with one attached hydrogen (secondary N) is 1. The highest BCUT2D eigenvalue weighted by Gasteiger charge is 2.28. The lowest BCUT2D eigenvalue weighted by atomic mass is 9.88. The van der Waals surface area contributed by atoms with Gasteiger partial charge in [0.05, 0.1) is 5.60 Å². The van der Waals surface area contributed by atoms with Crippen LogP contribution in [0.2, 0.25) is 0 Å². The first-order valence-electron chi connectivity index (χ1n) is 5.86. The Balaban J connectivity index is 4.08. The Hall–Kier alpha value is -0.120. The molecule has 0 aromatic carbocycles. The molecule has 3 heteroatoms. The van der Waals surface area contributed by atoms with Crippen LogP contribution in [-0.4, -0.2) is 51.3 Å². The summed E-state index contributed by atoms with van der Waals surface area (Å²) >= 11 is 0. The van der Waals surface area contributed by atoms with E-state index in [0.717, 1.165) is 26.1 Å². The van der Waals surface area contributed by atoms with E-state index in [2.05, 4.69) is 38.0 Å². The van der Waals surface area contributed by atoms with Crippen molar-refractivity contribution in [2.75, 3.05) is 40.8 Å². The molecule has 0 bridgehead atoms. The van der Waals surface area contributed by atoms with Gasteiger partial charge in [-0.2, -0.15) is 0 Å². The summed E-state index contributed by atoms with van der Waals surface area (Å²) in [5.74, 6) is 0.587. The highest BCUT2D eigenvalue weighted by Crippen LogP contribution is 2.24. The molecule has 15 heavy (non-hydrogen) atoms. The summed E-state index contributed by atoms with van der Waals surface area (Å²) in [6.07, 6.45) is 1.16. The zero-order chi connectivity index (χ0) is 11.9. The molecule has 0 aromatic heterocycles. The number of rotatable bonds is 8. The van der Waals surface area contributed by atoms with E-state index in [0.29, 0.717) is 5.92 Å². The van der Waals surface area contributed by atoms with Crippen molar-refractivity contribution >= 4 is 0 Å². The second-order valence-electron chi connectivity index (χ2n) is 4.78. The van der Waals surface area contributed by atoms with Crippen LogP contribution in [0.5, 0.6) is 0 Å². The van der Waals surface area contributed by atoms with Crippen LogP contribution >= 0.6 is 0 Å². The third-order valence-electron chi connectivity index (χ3n) is 3.28. The minimum Gasteiger partial charge on any atom is -0.378 e. The van der Waals surface area contributed by atoms with Crippen molar-refractivity contribution < 1.29 is 4.74 Å². The maximum Gasteiger partial charge on any atom is 0.0662 e. The van der Waals surface area contributed by atoms with Gasteiger partial charge in [-0.15, -0.1) is 0 Å². The van der Waals surface area contributed by atoms with E-state index in [4.69, 9.17) is 4.74 Å². The van der Waals surface area contributed by atoms with Crippen molar-refractivity contribution in [1.82, 2.24) is 10.2 Å². The average molecular weight is 216 g/mol. The van der Waals surface area contributed by atoms with Gasteiger partial charge in [0.1, 0.15) is 0 Å². The van der Waals surface area contributed by atoms with Crippen molar-refractivity contribution in [2.24, 2.45) is 5.92 Å². The highest BCUT2D eigenvalue weighted by atomic mass is 16.5. The minimum atomic E-state index is -0.0251. The average Bonchev–Trinajstić information content (AvgIpc) is 2.22. The topological polar surface area (TPSA) is 24.5 Å². The number of nitrogens with zero attached hydrogens (tertiary/aromatic N) is 1. The molecule has 92 valence electrons. The van der Waals surface area contributed by atoms with Gasteiger partial charge in [-0.05, 0) is 40.3 Å². The van der Waals surface area contributed by atoms with Gasteiger partial charge in [-0.1, -0.05) is 6.92 Å². The Bertz CT molecular complexity index is 160. The Kier molecular flexibility index (Phi) is 7.14. The van der Waals surface area contributed by atoms with E-state index < -0.39 is 0 Å². The summed E-state index contributed by atoms with van der Waals surface area (Å²) in [7, 11) is 5.96. The summed E-state index contributed by atoms with van der Waals surface area (Å²) < 4.78 is 5.55. The van der Waals surface area contributed by atoms with Gasteiger partial charge >= 0.3 is 0 Å². The molecule has 0 aliphatic carbocycles. The maximum atomic E-state index is 5.55. The normalized spacial score (nSPS) is 14.6. The number of hydrogen-bond acceptors (Lipinski definition) is 3. The minimum absolute atomic E-state index is 0.0251. The monoisotopic (exact) mass is 216 g/mol. The third kappa shape index (κ3) is 5.50. The summed E-state index contributed by atoms with van der Waals surface area (Å²) in [4.78, 5) is 2.37. The van der Waals surface area contributed by atoms with Crippen molar-refractivity contribution in [1.29, 1.82) is 0 Å². The molecule has 0 saturated heterocycles. The largest absolute Gasteiger partial charge is 0.378 e. The molecule has 3 nitrogen and oxygen atoms in total. The molecule has 0 heterocycles. The Morgan fingerprint density at radius 3 is 2.40 bits per heavy atom. The maximum absolute atomic E-state index is 5.55. The Morgan fingerprint density at radius 2 is 2.00 bits per heavy atom. The zero-order valence-corrected chi connectivity index (χ0v) is 11.3. The first kappa shape index (κ1) is 14.9. The third-order valence-corrected chi connectivity index (χ3v) is 3.28. The first-order valence-corrected chi connectivity index (χ1v) is 5.86.